The maximum atomic E-state index is 12.6. The summed E-state index contributed by atoms with van der Waals surface area (Å²) in [5.74, 6) is -0.179. The molecular weight excluding hydrogens is 364 g/mol. The standard InChI is InChI=1S/C23H28N4O2/c1-16-5-2-3-6-19(16)15-27-10-9-24-23(29)21(27)12-22(28)26-14-17-11-18-7-4-8-20(18)25-13-17/h2-3,5-6,11,13,21H,4,7-10,12,14-15H2,1H3,(H,24,29)(H,26,28)/t21-/m0/s1. The van der Waals surface area contributed by atoms with E-state index in [0.29, 0.717) is 19.6 Å². The van der Waals surface area contributed by atoms with Gasteiger partial charge in [0.15, 0.2) is 0 Å². The molecule has 1 aliphatic heterocycles. The van der Waals surface area contributed by atoms with Crippen LogP contribution in [0.15, 0.2) is 36.5 Å². The van der Waals surface area contributed by atoms with Gasteiger partial charge < -0.3 is 10.6 Å². The van der Waals surface area contributed by atoms with Crippen molar-refractivity contribution in [3.05, 3.63) is 64.5 Å². The van der Waals surface area contributed by atoms with Crippen LogP contribution >= 0.6 is 0 Å². The largest absolute Gasteiger partial charge is 0.353 e. The molecule has 6 heteroatoms. The van der Waals surface area contributed by atoms with Crippen LogP contribution in [0.5, 0.6) is 0 Å². The van der Waals surface area contributed by atoms with Gasteiger partial charge in [0.05, 0.1) is 12.5 Å². The molecule has 1 aliphatic carbocycles. The summed E-state index contributed by atoms with van der Waals surface area (Å²) >= 11 is 0. The Morgan fingerprint density at radius 2 is 2.17 bits per heavy atom. The number of nitrogens with one attached hydrogen (secondary N) is 2. The van der Waals surface area contributed by atoms with Crippen molar-refractivity contribution in [3.63, 3.8) is 0 Å². The molecule has 29 heavy (non-hydrogen) atoms. The normalized spacial score (nSPS) is 18.9. The summed E-state index contributed by atoms with van der Waals surface area (Å²) in [7, 11) is 0. The first-order valence-electron chi connectivity index (χ1n) is 10.4. The molecule has 1 atom stereocenters. The number of hydrogen-bond donors (Lipinski definition) is 2. The minimum atomic E-state index is -0.443. The highest BCUT2D eigenvalue weighted by Gasteiger charge is 2.31. The highest BCUT2D eigenvalue weighted by Crippen LogP contribution is 2.20. The number of hydrogen-bond acceptors (Lipinski definition) is 4. The average molecular weight is 393 g/mol. The molecule has 0 bridgehead atoms. The van der Waals surface area contributed by atoms with Crippen molar-refractivity contribution < 1.29 is 9.59 Å². The maximum absolute atomic E-state index is 12.6. The molecule has 6 nitrogen and oxygen atoms in total. The van der Waals surface area contributed by atoms with Crippen molar-refractivity contribution in [2.75, 3.05) is 13.1 Å². The summed E-state index contributed by atoms with van der Waals surface area (Å²) in [6.45, 7) is 4.56. The second-order valence-corrected chi connectivity index (χ2v) is 7.99. The van der Waals surface area contributed by atoms with Gasteiger partial charge in [-0.25, -0.2) is 0 Å². The molecule has 152 valence electrons. The lowest BCUT2D eigenvalue weighted by Gasteiger charge is -2.35. The predicted molar refractivity (Wildman–Crippen MR) is 111 cm³/mol. The number of aryl methyl sites for hydroxylation is 3. The molecule has 0 spiro atoms. The first-order chi connectivity index (χ1) is 14.1. The smallest absolute Gasteiger partial charge is 0.237 e. The van der Waals surface area contributed by atoms with E-state index in [9.17, 15) is 9.59 Å². The Balaban J connectivity index is 1.37. The van der Waals surface area contributed by atoms with Gasteiger partial charge in [0, 0.05) is 38.1 Å². The van der Waals surface area contributed by atoms with Crippen molar-refractivity contribution in [3.8, 4) is 0 Å². The van der Waals surface area contributed by atoms with Crippen LogP contribution in [0.4, 0.5) is 0 Å². The van der Waals surface area contributed by atoms with E-state index >= 15 is 0 Å². The third kappa shape index (κ3) is 4.65. The second-order valence-electron chi connectivity index (χ2n) is 7.99. The first-order valence-corrected chi connectivity index (χ1v) is 10.4. The molecule has 2 heterocycles. The summed E-state index contributed by atoms with van der Waals surface area (Å²) in [4.78, 5) is 31.7. The Morgan fingerprint density at radius 1 is 1.31 bits per heavy atom. The Hall–Kier alpha value is -2.73. The van der Waals surface area contributed by atoms with Gasteiger partial charge in [0.1, 0.15) is 0 Å². The Bertz CT molecular complexity index is 912. The molecule has 2 N–H and O–H groups in total. The molecule has 2 aromatic rings. The second kappa shape index (κ2) is 8.74. The number of carbonyl (C=O) groups is 2. The molecule has 0 saturated carbocycles. The van der Waals surface area contributed by atoms with Gasteiger partial charge in [-0.05, 0) is 48.4 Å². The van der Waals surface area contributed by atoms with E-state index in [2.05, 4.69) is 45.6 Å². The zero-order valence-corrected chi connectivity index (χ0v) is 16.9. The van der Waals surface area contributed by atoms with Crippen LogP contribution in [0.25, 0.3) is 0 Å². The van der Waals surface area contributed by atoms with Gasteiger partial charge in [0.25, 0.3) is 0 Å². The van der Waals surface area contributed by atoms with E-state index in [1.807, 2.05) is 18.3 Å². The molecule has 4 rings (SSSR count). The van der Waals surface area contributed by atoms with E-state index in [1.165, 1.54) is 22.4 Å². The number of carbonyl (C=O) groups excluding carboxylic acids is 2. The van der Waals surface area contributed by atoms with Crippen LogP contribution in [0.3, 0.4) is 0 Å². The summed E-state index contributed by atoms with van der Waals surface area (Å²) in [5, 5.41) is 5.87. The molecule has 0 unspecified atom stereocenters. The molecular formula is C23H28N4O2. The highest BCUT2D eigenvalue weighted by molar-refractivity contribution is 5.88. The Morgan fingerprint density at radius 3 is 3.03 bits per heavy atom. The highest BCUT2D eigenvalue weighted by atomic mass is 16.2. The number of pyridine rings is 1. The van der Waals surface area contributed by atoms with Gasteiger partial charge in [-0.3, -0.25) is 19.5 Å². The molecule has 0 radical (unpaired) electrons. The Labute approximate surface area is 171 Å². The van der Waals surface area contributed by atoms with Gasteiger partial charge in [0.2, 0.25) is 11.8 Å². The molecule has 1 aromatic carbocycles. The molecule has 2 amide bonds. The number of aromatic nitrogens is 1. The minimum Gasteiger partial charge on any atom is -0.353 e. The van der Waals surface area contributed by atoms with Crippen LogP contribution in [-0.4, -0.2) is 40.8 Å². The van der Waals surface area contributed by atoms with E-state index in [4.69, 9.17) is 0 Å². The topological polar surface area (TPSA) is 74.3 Å². The van der Waals surface area contributed by atoms with Crippen molar-refractivity contribution >= 4 is 11.8 Å². The van der Waals surface area contributed by atoms with E-state index in [-0.39, 0.29) is 18.2 Å². The van der Waals surface area contributed by atoms with Gasteiger partial charge in [-0.1, -0.05) is 30.3 Å². The number of rotatable bonds is 6. The molecule has 1 fully saturated rings. The minimum absolute atomic E-state index is 0.0702. The van der Waals surface area contributed by atoms with E-state index in [0.717, 1.165) is 31.4 Å². The van der Waals surface area contributed by atoms with Gasteiger partial charge >= 0.3 is 0 Å². The average Bonchev–Trinajstić information content (AvgIpc) is 3.18. The van der Waals surface area contributed by atoms with Crippen LogP contribution in [0, 0.1) is 6.92 Å². The van der Waals surface area contributed by atoms with Crippen LogP contribution < -0.4 is 10.6 Å². The molecule has 1 aromatic heterocycles. The lowest BCUT2D eigenvalue weighted by molar-refractivity contribution is -0.134. The van der Waals surface area contributed by atoms with E-state index in [1.54, 1.807) is 0 Å². The number of nitrogens with zero attached hydrogens (tertiary/aromatic N) is 2. The van der Waals surface area contributed by atoms with Gasteiger partial charge in [-0.2, -0.15) is 0 Å². The number of piperazine rings is 1. The fraction of sp³-hybridized carbons (Fsp3) is 0.435. The fourth-order valence-electron chi connectivity index (χ4n) is 4.20. The monoisotopic (exact) mass is 392 g/mol. The van der Waals surface area contributed by atoms with Crippen molar-refractivity contribution in [1.29, 1.82) is 0 Å². The quantitative estimate of drug-likeness (QED) is 0.787. The number of benzene rings is 1. The lowest BCUT2D eigenvalue weighted by Crippen LogP contribution is -2.56. The van der Waals surface area contributed by atoms with Crippen molar-refractivity contribution in [1.82, 2.24) is 20.5 Å². The lowest BCUT2D eigenvalue weighted by atomic mass is 10.0. The zero-order valence-electron chi connectivity index (χ0n) is 16.9. The fourth-order valence-corrected chi connectivity index (χ4v) is 4.20. The maximum Gasteiger partial charge on any atom is 0.237 e. The first kappa shape index (κ1) is 19.6. The number of amides is 2. The van der Waals surface area contributed by atoms with Crippen molar-refractivity contribution in [2.24, 2.45) is 0 Å². The van der Waals surface area contributed by atoms with Crippen LogP contribution in [-0.2, 0) is 35.5 Å². The van der Waals surface area contributed by atoms with Crippen LogP contribution in [0.1, 0.15) is 40.8 Å². The van der Waals surface area contributed by atoms with Crippen LogP contribution in [0.2, 0.25) is 0 Å². The third-order valence-corrected chi connectivity index (χ3v) is 5.92. The van der Waals surface area contributed by atoms with Gasteiger partial charge in [-0.15, -0.1) is 0 Å². The summed E-state index contributed by atoms with van der Waals surface area (Å²) in [5.41, 5.74) is 5.89. The van der Waals surface area contributed by atoms with Crippen molar-refractivity contribution in [2.45, 2.75) is 51.7 Å². The Kier molecular flexibility index (Phi) is 5.90. The molecule has 1 saturated heterocycles. The molecule has 2 aliphatic rings. The SMILES string of the molecule is Cc1ccccc1CN1CCNC(=O)[C@@H]1CC(=O)NCc1cnc2c(c1)CCC2. The summed E-state index contributed by atoms with van der Waals surface area (Å²) in [6.07, 6.45) is 5.29. The predicted octanol–water partition coefficient (Wildman–Crippen LogP) is 1.89. The van der Waals surface area contributed by atoms with E-state index < -0.39 is 6.04 Å². The zero-order chi connectivity index (χ0) is 20.2. The summed E-state index contributed by atoms with van der Waals surface area (Å²) < 4.78 is 0. The third-order valence-electron chi connectivity index (χ3n) is 5.92. The number of fused-ring (bicyclic) bond motifs is 1. The summed E-state index contributed by atoms with van der Waals surface area (Å²) in [6, 6.07) is 9.89.